The molecule has 0 aliphatic heterocycles. The topological polar surface area (TPSA) is 64.3 Å². The first kappa shape index (κ1) is 18.6. The van der Waals surface area contributed by atoms with Crippen molar-refractivity contribution >= 4 is 34.0 Å². The third-order valence-corrected chi connectivity index (χ3v) is 4.60. The van der Waals surface area contributed by atoms with E-state index in [0.717, 1.165) is 17.3 Å². The van der Waals surface area contributed by atoms with E-state index < -0.39 is 0 Å². The minimum absolute atomic E-state index is 0.333. The second kappa shape index (κ2) is 8.08. The lowest BCUT2D eigenvalue weighted by molar-refractivity contribution is 0.147. The second-order valence-corrected chi connectivity index (χ2v) is 6.72. The van der Waals surface area contributed by atoms with E-state index in [4.69, 9.17) is 21.3 Å². The summed E-state index contributed by atoms with van der Waals surface area (Å²) in [7, 11) is 0. The fourth-order valence-corrected chi connectivity index (χ4v) is 3.24. The minimum Gasteiger partial charge on any atom is -0.382 e. The molecule has 4 rings (SSSR count). The highest BCUT2D eigenvalue weighted by molar-refractivity contribution is 6.31. The summed E-state index contributed by atoms with van der Waals surface area (Å²) in [6.07, 6.45) is 0.844. The van der Waals surface area contributed by atoms with E-state index in [0.29, 0.717) is 47.5 Å². The first-order valence-corrected chi connectivity index (χ1v) is 9.47. The van der Waals surface area contributed by atoms with Gasteiger partial charge in [-0.1, -0.05) is 28.9 Å². The SMILES string of the molecule is CCOCCCNc1nc2c(-c3cccc(F)c3)nnn2c2ccc(Cl)cc12. The number of nitrogens with one attached hydrogen (secondary N) is 1. The highest BCUT2D eigenvalue weighted by Crippen LogP contribution is 2.29. The molecule has 1 N–H and O–H groups in total. The number of hydrogen-bond donors (Lipinski definition) is 1. The Bertz CT molecular complexity index is 1130. The Hall–Kier alpha value is -2.77. The van der Waals surface area contributed by atoms with Gasteiger partial charge in [-0.15, -0.1) is 5.10 Å². The number of rotatable bonds is 7. The Labute approximate surface area is 166 Å². The molecular weight excluding hydrogens is 381 g/mol. The van der Waals surface area contributed by atoms with E-state index in [-0.39, 0.29) is 5.82 Å². The third kappa shape index (κ3) is 3.63. The van der Waals surface area contributed by atoms with Crippen LogP contribution in [0.15, 0.2) is 42.5 Å². The average molecular weight is 400 g/mol. The highest BCUT2D eigenvalue weighted by atomic mass is 35.5. The summed E-state index contributed by atoms with van der Waals surface area (Å²) in [6, 6.07) is 11.8. The van der Waals surface area contributed by atoms with Crippen LogP contribution in [0.3, 0.4) is 0 Å². The first-order valence-electron chi connectivity index (χ1n) is 9.09. The molecule has 8 heteroatoms. The molecule has 0 bridgehead atoms. The summed E-state index contributed by atoms with van der Waals surface area (Å²) in [5.74, 6) is 0.349. The summed E-state index contributed by atoms with van der Waals surface area (Å²) in [5.41, 5.74) is 2.51. The molecule has 0 spiro atoms. The van der Waals surface area contributed by atoms with Gasteiger partial charge in [-0.05, 0) is 43.7 Å². The lowest BCUT2D eigenvalue weighted by Gasteiger charge is -2.11. The Morgan fingerprint density at radius 1 is 1.21 bits per heavy atom. The van der Waals surface area contributed by atoms with Crippen LogP contribution in [0.25, 0.3) is 27.8 Å². The Morgan fingerprint density at radius 3 is 2.93 bits per heavy atom. The van der Waals surface area contributed by atoms with Gasteiger partial charge < -0.3 is 10.1 Å². The van der Waals surface area contributed by atoms with E-state index >= 15 is 0 Å². The van der Waals surface area contributed by atoms with Crippen LogP contribution in [0.1, 0.15) is 13.3 Å². The van der Waals surface area contributed by atoms with E-state index in [2.05, 4.69) is 15.6 Å². The fourth-order valence-electron chi connectivity index (χ4n) is 3.07. The minimum atomic E-state index is -0.333. The molecule has 0 fully saturated rings. The standard InChI is InChI=1S/C20H19ClFN5O/c1-2-28-10-4-9-23-19-16-12-14(21)7-8-17(16)27-20(24-19)18(25-26-27)13-5-3-6-15(22)11-13/h3,5-8,11-12H,2,4,9-10H2,1H3,(H,23,24). The normalized spacial score (nSPS) is 11.4. The Balaban J connectivity index is 1.81. The Kier molecular flexibility index (Phi) is 5.36. The zero-order valence-electron chi connectivity index (χ0n) is 15.3. The van der Waals surface area contributed by atoms with Crippen molar-refractivity contribution in [2.24, 2.45) is 0 Å². The van der Waals surface area contributed by atoms with Crippen molar-refractivity contribution in [1.82, 2.24) is 19.8 Å². The number of aromatic nitrogens is 4. The molecule has 0 atom stereocenters. The molecule has 2 heterocycles. The predicted molar refractivity (Wildman–Crippen MR) is 108 cm³/mol. The molecule has 0 aliphatic carbocycles. The fraction of sp³-hybridized carbons (Fsp3) is 0.250. The maximum absolute atomic E-state index is 13.7. The summed E-state index contributed by atoms with van der Waals surface area (Å²) in [6.45, 7) is 4.04. The molecule has 0 unspecified atom stereocenters. The second-order valence-electron chi connectivity index (χ2n) is 6.28. The Morgan fingerprint density at radius 2 is 2.11 bits per heavy atom. The van der Waals surface area contributed by atoms with Gasteiger partial charge in [-0.25, -0.2) is 9.37 Å². The zero-order valence-corrected chi connectivity index (χ0v) is 16.1. The molecular formula is C20H19ClFN5O. The van der Waals surface area contributed by atoms with Crippen LogP contribution < -0.4 is 5.32 Å². The van der Waals surface area contributed by atoms with Crippen molar-refractivity contribution in [3.05, 3.63) is 53.3 Å². The van der Waals surface area contributed by atoms with Crippen LogP contribution >= 0.6 is 11.6 Å². The van der Waals surface area contributed by atoms with E-state index in [1.807, 2.05) is 19.1 Å². The molecule has 0 radical (unpaired) electrons. The third-order valence-electron chi connectivity index (χ3n) is 4.37. The number of nitrogens with zero attached hydrogens (tertiary/aromatic N) is 4. The van der Waals surface area contributed by atoms with Gasteiger partial charge in [-0.3, -0.25) is 0 Å². The van der Waals surface area contributed by atoms with Gasteiger partial charge in [0.2, 0.25) is 0 Å². The molecule has 4 aromatic rings. The molecule has 6 nitrogen and oxygen atoms in total. The largest absolute Gasteiger partial charge is 0.382 e. The number of ether oxygens (including phenoxy) is 1. The van der Waals surface area contributed by atoms with Crippen LogP contribution in [0.4, 0.5) is 10.2 Å². The van der Waals surface area contributed by atoms with Crippen molar-refractivity contribution in [1.29, 1.82) is 0 Å². The lowest BCUT2D eigenvalue weighted by atomic mass is 10.1. The van der Waals surface area contributed by atoms with Crippen molar-refractivity contribution in [3.8, 4) is 11.3 Å². The van der Waals surface area contributed by atoms with Gasteiger partial charge in [0.25, 0.3) is 0 Å². The van der Waals surface area contributed by atoms with Crippen molar-refractivity contribution in [2.45, 2.75) is 13.3 Å². The molecule has 2 aromatic heterocycles. The number of halogens is 2. The summed E-state index contributed by atoms with van der Waals surface area (Å²) in [4.78, 5) is 4.73. The summed E-state index contributed by atoms with van der Waals surface area (Å²) < 4.78 is 20.7. The van der Waals surface area contributed by atoms with E-state index in [9.17, 15) is 4.39 Å². The van der Waals surface area contributed by atoms with Gasteiger partial charge in [0, 0.05) is 35.7 Å². The van der Waals surface area contributed by atoms with Crippen molar-refractivity contribution in [2.75, 3.05) is 25.1 Å². The number of anilines is 1. The van der Waals surface area contributed by atoms with Crippen LogP contribution in [0, 0.1) is 5.82 Å². The van der Waals surface area contributed by atoms with Crippen LogP contribution in [0.5, 0.6) is 0 Å². The molecule has 28 heavy (non-hydrogen) atoms. The van der Waals surface area contributed by atoms with Gasteiger partial charge >= 0.3 is 0 Å². The highest BCUT2D eigenvalue weighted by Gasteiger charge is 2.16. The van der Waals surface area contributed by atoms with Gasteiger partial charge in [-0.2, -0.15) is 4.52 Å². The number of benzene rings is 2. The van der Waals surface area contributed by atoms with Crippen molar-refractivity contribution < 1.29 is 9.13 Å². The van der Waals surface area contributed by atoms with Crippen LogP contribution in [0.2, 0.25) is 5.02 Å². The quantitative estimate of drug-likeness (QED) is 0.461. The van der Waals surface area contributed by atoms with Crippen LogP contribution in [-0.4, -0.2) is 39.6 Å². The molecule has 0 amide bonds. The van der Waals surface area contributed by atoms with Gasteiger partial charge in [0.1, 0.15) is 17.3 Å². The first-order chi connectivity index (χ1) is 13.7. The maximum atomic E-state index is 13.7. The van der Waals surface area contributed by atoms with E-state index in [1.165, 1.54) is 12.1 Å². The predicted octanol–water partition coefficient (Wildman–Crippen LogP) is 4.58. The molecule has 2 aromatic carbocycles. The molecule has 0 saturated heterocycles. The summed E-state index contributed by atoms with van der Waals surface area (Å²) in [5, 5.41) is 13.3. The lowest BCUT2D eigenvalue weighted by Crippen LogP contribution is -2.08. The number of fused-ring (bicyclic) bond motifs is 3. The van der Waals surface area contributed by atoms with E-state index in [1.54, 1.807) is 22.7 Å². The monoisotopic (exact) mass is 399 g/mol. The molecule has 144 valence electrons. The number of hydrogen-bond acceptors (Lipinski definition) is 5. The smallest absolute Gasteiger partial charge is 0.186 e. The zero-order chi connectivity index (χ0) is 19.5. The molecule has 0 aliphatic rings. The summed E-state index contributed by atoms with van der Waals surface area (Å²) >= 11 is 6.20. The maximum Gasteiger partial charge on any atom is 0.186 e. The van der Waals surface area contributed by atoms with Crippen molar-refractivity contribution in [3.63, 3.8) is 0 Å². The van der Waals surface area contributed by atoms with Gasteiger partial charge in [0.15, 0.2) is 5.65 Å². The molecule has 0 saturated carbocycles. The van der Waals surface area contributed by atoms with Gasteiger partial charge in [0.05, 0.1) is 5.52 Å². The van der Waals surface area contributed by atoms with Crippen LogP contribution in [-0.2, 0) is 4.74 Å². The average Bonchev–Trinajstić information content (AvgIpc) is 3.11.